The van der Waals surface area contributed by atoms with Gasteiger partial charge in [0.1, 0.15) is 17.3 Å². The topological polar surface area (TPSA) is 85.8 Å². The molecule has 2 rings (SSSR count). The summed E-state index contributed by atoms with van der Waals surface area (Å²) in [7, 11) is 1.71. The number of hydrogen-bond donors (Lipinski definition) is 1. The van der Waals surface area contributed by atoms with Crippen molar-refractivity contribution in [3.63, 3.8) is 0 Å². The summed E-state index contributed by atoms with van der Waals surface area (Å²) in [6.45, 7) is 2.06. The molecule has 0 spiro atoms. The largest absolute Gasteiger partial charge is 0.484 e. The van der Waals surface area contributed by atoms with Crippen LogP contribution in [0.5, 0.6) is 5.75 Å². The van der Waals surface area contributed by atoms with Crippen LogP contribution >= 0.6 is 0 Å². The highest BCUT2D eigenvalue weighted by Crippen LogP contribution is 2.15. The number of benzene rings is 1. The predicted octanol–water partition coefficient (Wildman–Crippen LogP) is 1.72. The van der Waals surface area contributed by atoms with E-state index in [2.05, 4.69) is 0 Å². The molecule has 6 heteroatoms. The summed E-state index contributed by atoms with van der Waals surface area (Å²) in [4.78, 5) is 24.5. The molecule has 0 aliphatic rings. The van der Waals surface area contributed by atoms with Crippen molar-refractivity contribution in [2.45, 2.75) is 13.5 Å². The highest BCUT2D eigenvalue weighted by molar-refractivity contribution is 5.94. The molecule has 6 nitrogen and oxygen atoms in total. The van der Waals surface area contributed by atoms with Gasteiger partial charge in [0, 0.05) is 12.6 Å². The van der Waals surface area contributed by atoms with Gasteiger partial charge >= 0.3 is 0 Å². The molecule has 2 N–H and O–H groups in total. The van der Waals surface area contributed by atoms with Gasteiger partial charge in [0.15, 0.2) is 6.61 Å². The monoisotopic (exact) mass is 302 g/mol. The zero-order chi connectivity index (χ0) is 16.1. The summed E-state index contributed by atoms with van der Waals surface area (Å²) in [5.41, 5.74) is 5.52. The number of carbonyl (C=O) groups excluding carboxylic acids is 2. The molecule has 2 amide bonds. The number of aryl methyl sites for hydroxylation is 1. The van der Waals surface area contributed by atoms with Crippen LogP contribution in [0.2, 0.25) is 0 Å². The van der Waals surface area contributed by atoms with E-state index in [0.717, 1.165) is 11.5 Å². The lowest BCUT2D eigenvalue weighted by molar-refractivity contribution is -0.119. The maximum absolute atomic E-state index is 12.3. The molecule has 0 fully saturated rings. The standard InChI is InChI=1S/C16H18N2O4/c1-11-3-6-14(22-11)9-18(2)16(20)12-4-7-13(8-5-12)21-10-15(17)19/h3-8H,9-10H2,1-2H3,(H2,17,19). The number of rotatable bonds is 6. The molecule has 1 heterocycles. The number of nitrogens with zero attached hydrogens (tertiary/aromatic N) is 1. The Hall–Kier alpha value is -2.76. The Labute approximate surface area is 128 Å². The van der Waals surface area contributed by atoms with Gasteiger partial charge in [-0.2, -0.15) is 0 Å². The molecule has 1 aromatic carbocycles. The number of furan rings is 1. The lowest BCUT2D eigenvalue weighted by Gasteiger charge is -2.16. The van der Waals surface area contributed by atoms with Crippen LogP contribution in [-0.4, -0.2) is 30.4 Å². The van der Waals surface area contributed by atoms with Gasteiger partial charge < -0.3 is 19.8 Å². The van der Waals surface area contributed by atoms with Gasteiger partial charge in [-0.1, -0.05) is 0 Å². The van der Waals surface area contributed by atoms with Crippen LogP contribution in [0.25, 0.3) is 0 Å². The molecular formula is C16H18N2O4. The second-order valence-corrected chi connectivity index (χ2v) is 4.95. The van der Waals surface area contributed by atoms with Crippen LogP contribution in [0.3, 0.4) is 0 Å². The maximum atomic E-state index is 12.3. The average molecular weight is 302 g/mol. The summed E-state index contributed by atoms with van der Waals surface area (Å²) in [5.74, 6) is 1.35. The minimum atomic E-state index is -0.548. The SMILES string of the molecule is Cc1ccc(CN(C)C(=O)c2ccc(OCC(N)=O)cc2)o1. The Morgan fingerprint density at radius 3 is 2.41 bits per heavy atom. The quantitative estimate of drug-likeness (QED) is 0.880. The summed E-state index contributed by atoms with van der Waals surface area (Å²) in [5, 5.41) is 0. The van der Waals surface area contributed by atoms with E-state index in [0.29, 0.717) is 17.9 Å². The van der Waals surface area contributed by atoms with Gasteiger partial charge in [-0.15, -0.1) is 0 Å². The third-order valence-corrected chi connectivity index (χ3v) is 3.02. The first-order valence-electron chi connectivity index (χ1n) is 6.77. The number of ether oxygens (including phenoxy) is 1. The number of nitrogens with two attached hydrogens (primary N) is 1. The van der Waals surface area contributed by atoms with Crippen molar-refractivity contribution in [2.75, 3.05) is 13.7 Å². The molecule has 1 aromatic heterocycles. The van der Waals surface area contributed by atoms with Gasteiger partial charge in [-0.3, -0.25) is 9.59 Å². The second kappa shape index (κ2) is 6.80. The Balaban J connectivity index is 1.97. The van der Waals surface area contributed by atoms with Gasteiger partial charge in [0.25, 0.3) is 11.8 Å². The molecule has 2 aromatic rings. The Kier molecular flexibility index (Phi) is 4.83. The maximum Gasteiger partial charge on any atom is 0.255 e. The number of carbonyl (C=O) groups is 2. The smallest absolute Gasteiger partial charge is 0.255 e. The normalized spacial score (nSPS) is 10.3. The van der Waals surface area contributed by atoms with Crippen molar-refractivity contribution in [2.24, 2.45) is 5.73 Å². The van der Waals surface area contributed by atoms with Crippen molar-refractivity contribution in [1.29, 1.82) is 0 Å². The molecule has 0 aliphatic heterocycles. The molecule has 0 saturated carbocycles. The third kappa shape index (κ3) is 4.12. The number of hydrogen-bond acceptors (Lipinski definition) is 4. The first kappa shape index (κ1) is 15.6. The highest BCUT2D eigenvalue weighted by atomic mass is 16.5. The van der Waals surface area contributed by atoms with Crippen LogP contribution in [-0.2, 0) is 11.3 Å². The minimum absolute atomic E-state index is 0.129. The molecule has 0 unspecified atom stereocenters. The summed E-state index contributed by atoms with van der Waals surface area (Å²) < 4.78 is 10.6. The Bertz CT molecular complexity index is 661. The van der Waals surface area contributed by atoms with Gasteiger partial charge in [0.05, 0.1) is 6.54 Å². The Morgan fingerprint density at radius 2 is 1.86 bits per heavy atom. The zero-order valence-electron chi connectivity index (χ0n) is 12.5. The van der Waals surface area contributed by atoms with Crippen LogP contribution < -0.4 is 10.5 Å². The summed E-state index contributed by atoms with van der Waals surface area (Å²) in [6.07, 6.45) is 0. The van der Waals surface area contributed by atoms with E-state index in [9.17, 15) is 9.59 Å². The molecular weight excluding hydrogens is 284 g/mol. The molecule has 0 saturated heterocycles. The predicted molar refractivity (Wildman–Crippen MR) is 80.4 cm³/mol. The lowest BCUT2D eigenvalue weighted by atomic mass is 10.2. The van der Waals surface area contributed by atoms with E-state index in [-0.39, 0.29) is 12.5 Å². The van der Waals surface area contributed by atoms with E-state index >= 15 is 0 Å². The first-order chi connectivity index (χ1) is 10.5. The molecule has 116 valence electrons. The van der Waals surface area contributed by atoms with Crippen molar-refractivity contribution in [3.8, 4) is 5.75 Å². The zero-order valence-corrected chi connectivity index (χ0v) is 12.5. The average Bonchev–Trinajstić information content (AvgIpc) is 2.90. The van der Waals surface area contributed by atoms with Crippen molar-refractivity contribution in [3.05, 3.63) is 53.5 Å². The van der Waals surface area contributed by atoms with E-state index in [1.807, 2.05) is 19.1 Å². The molecule has 0 bridgehead atoms. The van der Waals surface area contributed by atoms with Gasteiger partial charge in [-0.25, -0.2) is 0 Å². The fraction of sp³-hybridized carbons (Fsp3) is 0.250. The molecule has 0 atom stereocenters. The lowest BCUT2D eigenvalue weighted by Crippen LogP contribution is -2.26. The van der Waals surface area contributed by atoms with Crippen LogP contribution in [0.4, 0.5) is 0 Å². The van der Waals surface area contributed by atoms with E-state index in [1.54, 1.807) is 36.2 Å². The van der Waals surface area contributed by atoms with E-state index < -0.39 is 5.91 Å². The third-order valence-electron chi connectivity index (χ3n) is 3.02. The van der Waals surface area contributed by atoms with Crippen molar-refractivity contribution in [1.82, 2.24) is 4.90 Å². The molecule has 0 radical (unpaired) electrons. The van der Waals surface area contributed by atoms with Gasteiger partial charge in [-0.05, 0) is 43.3 Å². The molecule has 22 heavy (non-hydrogen) atoms. The summed E-state index contributed by atoms with van der Waals surface area (Å²) >= 11 is 0. The van der Waals surface area contributed by atoms with E-state index in [1.165, 1.54) is 0 Å². The van der Waals surface area contributed by atoms with Crippen LogP contribution in [0.15, 0.2) is 40.8 Å². The fourth-order valence-corrected chi connectivity index (χ4v) is 1.94. The fourth-order valence-electron chi connectivity index (χ4n) is 1.94. The molecule has 0 aliphatic carbocycles. The second-order valence-electron chi connectivity index (χ2n) is 4.95. The first-order valence-corrected chi connectivity index (χ1v) is 6.77. The van der Waals surface area contributed by atoms with E-state index in [4.69, 9.17) is 14.9 Å². The summed E-state index contributed by atoms with van der Waals surface area (Å²) in [6, 6.07) is 10.2. The Morgan fingerprint density at radius 1 is 1.18 bits per heavy atom. The number of primary amides is 1. The highest BCUT2D eigenvalue weighted by Gasteiger charge is 2.13. The number of amides is 2. The van der Waals surface area contributed by atoms with Crippen LogP contribution in [0.1, 0.15) is 21.9 Å². The van der Waals surface area contributed by atoms with Crippen LogP contribution in [0, 0.1) is 6.92 Å². The van der Waals surface area contributed by atoms with Gasteiger partial charge in [0.2, 0.25) is 0 Å². The van der Waals surface area contributed by atoms with Crippen molar-refractivity contribution < 1.29 is 18.7 Å². The minimum Gasteiger partial charge on any atom is -0.484 e. The van der Waals surface area contributed by atoms with Crippen molar-refractivity contribution >= 4 is 11.8 Å².